The van der Waals surface area contributed by atoms with Gasteiger partial charge >= 0.3 is 0 Å². The molecule has 0 radical (unpaired) electrons. The molecule has 1 aromatic rings. The van der Waals surface area contributed by atoms with Crippen LogP contribution in [-0.4, -0.2) is 42.6 Å². The van der Waals surface area contributed by atoms with Crippen molar-refractivity contribution in [3.63, 3.8) is 0 Å². The van der Waals surface area contributed by atoms with Crippen LogP contribution in [0.4, 0.5) is 0 Å². The summed E-state index contributed by atoms with van der Waals surface area (Å²) in [5, 5.41) is 3.22. The summed E-state index contributed by atoms with van der Waals surface area (Å²) in [6.07, 6.45) is 2.92. The molecule has 2 aliphatic rings. The van der Waals surface area contributed by atoms with Gasteiger partial charge in [-0.1, -0.05) is 37.3 Å². The van der Waals surface area contributed by atoms with Gasteiger partial charge in [-0.15, -0.1) is 0 Å². The SMILES string of the molecule is CC1OCCC1NC(=O)C1(C)CCN(Cc2ccccc2)CC1. The van der Waals surface area contributed by atoms with Gasteiger partial charge in [-0.05, 0) is 44.8 Å². The van der Waals surface area contributed by atoms with Crippen LogP contribution in [0, 0.1) is 5.41 Å². The fourth-order valence-electron chi connectivity index (χ4n) is 3.54. The lowest BCUT2D eigenvalue weighted by Crippen LogP contribution is -2.50. The molecule has 1 amide bonds. The Labute approximate surface area is 139 Å². The molecule has 23 heavy (non-hydrogen) atoms. The number of benzene rings is 1. The molecule has 4 heteroatoms. The number of nitrogens with one attached hydrogen (secondary N) is 1. The predicted octanol–water partition coefficient (Wildman–Crippen LogP) is 2.58. The summed E-state index contributed by atoms with van der Waals surface area (Å²) in [5.74, 6) is 0.208. The second-order valence-corrected chi connectivity index (χ2v) is 7.27. The van der Waals surface area contributed by atoms with Gasteiger partial charge in [0.25, 0.3) is 0 Å². The Morgan fingerprint density at radius 3 is 2.61 bits per heavy atom. The van der Waals surface area contributed by atoms with Gasteiger partial charge in [0, 0.05) is 18.6 Å². The van der Waals surface area contributed by atoms with E-state index >= 15 is 0 Å². The number of hydrogen-bond acceptors (Lipinski definition) is 3. The third-order valence-corrected chi connectivity index (χ3v) is 5.45. The van der Waals surface area contributed by atoms with E-state index in [4.69, 9.17) is 4.74 Å². The third kappa shape index (κ3) is 3.93. The molecule has 2 atom stereocenters. The second-order valence-electron chi connectivity index (χ2n) is 7.27. The number of likely N-dealkylation sites (tertiary alicyclic amines) is 1. The first kappa shape index (κ1) is 16.5. The van der Waals surface area contributed by atoms with Crippen LogP contribution < -0.4 is 5.32 Å². The first-order valence-corrected chi connectivity index (χ1v) is 8.76. The summed E-state index contributed by atoms with van der Waals surface area (Å²) in [4.78, 5) is 15.2. The Morgan fingerprint density at radius 2 is 2.00 bits per heavy atom. The van der Waals surface area contributed by atoms with E-state index in [1.54, 1.807) is 0 Å². The third-order valence-electron chi connectivity index (χ3n) is 5.45. The van der Waals surface area contributed by atoms with Gasteiger partial charge in [0.2, 0.25) is 5.91 Å². The van der Waals surface area contributed by atoms with Crippen LogP contribution in [0.15, 0.2) is 30.3 Å². The van der Waals surface area contributed by atoms with E-state index in [0.717, 1.165) is 45.5 Å². The molecule has 126 valence electrons. The quantitative estimate of drug-likeness (QED) is 0.928. The van der Waals surface area contributed by atoms with E-state index in [1.165, 1.54) is 5.56 Å². The number of carbonyl (C=O) groups excluding carboxylic acids is 1. The van der Waals surface area contributed by atoms with E-state index in [0.29, 0.717) is 0 Å². The Morgan fingerprint density at radius 1 is 1.30 bits per heavy atom. The number of nitrogens with zero attached hydrogens (tertiary/aromatic N) is 1. The maximum Gasteiger partial charge on any atom is 0.226 e. The summed E-state index contributed by atoms with van der Waals surface area (Å²) in [6, 6.07) is 10.7. The van der Waals surface area contributed by atoms with Crippen LogP contribution >= 0.6 is 0 Å². The van der Waals surface area contributed by atoms with Gasteiger partial charge in [0.05, 0.1) is 12.1 Å². The minimum absolute atomic E-state index is 0.140. The molecule has 4 nitrogen and oxygen atoms in total. The molecule has 0 aromatic heterocycles. The van der Waals surface area contributed by atoms with Gasteiger partial charge in [0.1, 0.15) is 0 Å². The van der Waals surface area contributed by atoms with Crippen LogP contribution in [0.2, 0.25) is 0 Å². The highest BCUT2D eigenvalue weighted by Crippen LogP contribution is 2.32. The number of piperidine rings is 1. The van der Waals surface area contributed by atoms with Gasteiger partial charge in [0.15, 0.2) is 0 Å². The molecule has 0 aliphatic carbocycles. The smallest absolute Gasteiger partial charge is 0.226 e. The van der Waals surface area contributed by atoms with Crippen molar-refractivity contribution in [2.24, 2.45) is 5.41 Å². The first-order valence-electron chi connectivity index (χ1n) is 8.76. The van der Waals surface area contributed by atoms with Gasteiger partial charge in [-0.2, -0.15) is 0 Å². The monoisotopic (exact) mass is 316 g/mol. The highest BCUT2D eigenvalue weighted by Gasteiger charge is 2.39. The van der Waals surface area contributed by atoms with Gasteiger partial charge < -0.3 is 10.1 Å². The average molecular weight is 316 g/mol. The zero-order valence-corrected chi connectivity index (χ0v) is 14.3. The largest absolute Gasteiger partial charge is 0.376 e. The van der Waals surface area contributed by atoms with Crippen LogP contribution in [-0.2, 0) is 16.1 Å². The zero-order chi connectivity index (χ0) is 16.3. The van der Waals surface area contributed by atoms with E-state index in [9.17, 15) is 4.79 Å². The molecule has 2 saturated heterocycles. The maximum absolute atomic E-state index is 12.7. The molecular weight excluding hydrogens is 288 g/mol. The van der Waals surface area contributed by atoms with Gasteiger partial charge in [-0.3, -0.25) is 9.69 Å². The molecule has 2 heterocycles. The Hall–Kier alpha value is -1.39. The maximum atomic E-state index is 12.7. The van der Waals surface area contributed by atoms with Crippen molar-refractivity contribution in [3.8, 4) is 0 Å². The molecule has 0 bridgehead atoms. The second kappa shape index (κ2) is 7.02. The molecule has 2 aliphatic heterocycles. The number of amides is 1. The highest BCUT2D eigenvalue weighted by molar-refractivity contribution is 5.82. The van der Waals surface area contributed by atoms with Crippen molar-refractivity contribution >= 4 is 5.91 Å². The molecule has 2 unspecified atom stereocenters. The molecule has 3 rings (SSSR count). The molecule has 1 N–H and O–H groups in total. The van der Waals surface area contributed by atoms with E-state index in [1.807, 2.05) is 6.92 Å². The van der Waals surface area contributed by atoms with Crippen molar-refractivity contribution in [2.45, 2.75) is 51.8 Å². The van der Waals surface area contributed by atoms with Crippen LogP contribution in [0.25, 0.3) is 0 Å². The summed E-state index contributed by atoms with van der Waals surface area (Å²) in [6.45, 7) is 7.86. The van der Waals surface area contributed by atoms with Crippen molar-refractivity contribution in [1.82, 2.24) is 10.2 Å². The fraction of sp³-hybridized carbons (Fsp3) is 0.632. The first-order chi connectivity index (χ1) is 11.1. The van der Waals surface area contributed by atoms with E-state index < -0.39 is 0 Å². The minimum atomic E-state index is -0.241. The van der Waals surface area contributed by atoms with Crippen molar-refractivity contribution < 1.29 is 9.53 Å². The minimum Gasteiger partial charge on any atom is -0.376 e. The lowest BCUT2D eigenvalue weighted by Gasteiger charge is -2.39. The number of rotatable bonds is 4. The van der Waals surface area contributed by atoms with E-state index in [-0.39, 0.29) is 23.5 Å². The lowest BCUT2D eigenvalue weighted by molar-refractivity contribution is -0.134. The fourth-order valence-corrected chi connectivity index (χ4v) is 3.54. The Kier molecular flexibility index (Phi) is 5.02. The Balaban J connectivity index is 1.51. The summed E-state index contributed by atoms with van der Waals surface area (Å²) in [7, 11) is 0. The Bertz CT molecular complexity index is 523. The van der Waals surface area contributed by atoms with Crippen LogP contribution in [0.1, 0.15) is 38.7 Å². The van der Waals surface area contributed by atoms with Crippen LogP contribution in [0.5, 0.6) is 0 Å². The van der Waals surface area contributed by atoms with Crippen molar-refractivity contribution in [3.05, 3.63) is 35.9 Å². The molecule has 0 spiro atoms. The molecule has 0 saturated carbocycles. The number of carbonyl (C=O) groups is 1. The topological polar surface area (TPSA) is 41.6 Å². The summed E-state index contributed by atoms with van der Waals surface area (Å²) < 4.78 is 5.55. The number of ether oxygens (including phenoxy) is 1. The van der Waals surface area contributed by atoms with Crippen molar-refractivity contribution in [2.75, 3.05) is 19.7 Å². The highest BCUT2D eigenvalue weighted by atomic mass is 16.5. The average Bonchev–Trinajstić information content (AvgIpc) is 2.96. The van der Waals surface area contributed by atoms with Crippen LogP contribution in [0.3, 0.4) is 0 Å². The van der Waals surface area contributed by atoms with Crippen molar-refractivity contribution in [1.29, 1.82) is 0 Å². The summed E-state index contributed by atoms with van der Waals surface area (Å²) in [5.41, 5.74) is 1.10. The van der Waals surface area contributed by atoms with E-state index in [2.05, 4.69) is 47.5 Å². The summed E-state index contributed by atoms with van der Waals surface area (Å²) >= 11 is 0. The zero-order valence-electron chi connectivity index (χ0n) is 14.3. The lowest BCUT2D eigenvalue weighted by atomic mass is 9.79. The normalized spacial score (nSPS) is 27.7. The standard InChI is InChI=1S/C19H28N2O2/c1-15-17(8-13-23-15)20-18(22)19(2)9-11-21(12-10-19)14-16-6-4-3-5-7-16/h3-7,15,17H,8-14H2,1-2H3,(H,20,22). The molecule has 2 fully saturated rings. The predicted molar refractivity (Wildman–Crippen MR) is 91.0 cm³/mol. The molecular formula is C19H28N2O2. The number of hydrogen-bond donors (Lipinski definition) is 1. The van der Waals surface area contributed by atoms with Gasteiger partial charge in [-0.25, -0.2) is 0 Å². The molecule has 1 aromatic carbocycles.